The van der Waals surface area contributed by atoms with Crippen molar-refractivity contribution in [1.82, 2.24) is 10.2 Å². The van der Waals surface area contributed by atoms with E-state index in [1.807, 2.05) is 0 Å². The summed E-state index contributed by atoms with van der Waals surface area (Å²) >= 11 is 5.64. The third kappa shape index (κ3) is 3.48. The van der Waals surface area contributed by atoms with Crippen LogP contribution in [0.25, 0.3) is 0 Å². The van der Waals surface area contributed by atoms with Crippen LogP contribution in [0.15, 0.2) is 41.5 Å². The van der Waals surface area contributed by atoms with E-state index in [4.69, 9.17) is 11.6 Å². The summed E-state index contributed by atoms with van der Waals surface area (Å²) < 4.78 is 0. The van der Waals surface area contributed by atoms with Crippen LogP contribution in [0.4, 0.5) is 11.5 Å². The third-order valence-electron chi connectivity index (χ3n) is 2.43. The molecule has 0 unspecified atom stereocenters. The van der Waals surface area contributed by atoms with Gasteiger partial charge < -0.3 is 0 Å². The van der Waals surface area contributed by atoms with E-state index in [0.717, 1.165) is 5.56 Å². The van der Waals surface area contributed by atoms with Gasteiger partial charge in [0.1, 0.15) is 0 Å². The van der Waals surface area contributed by atoms with E-state index in [-0.39, 0.29) is 5.69 Å². The van der Waals surface area contributed by atoms with Crippen molar-refractivity contribution in [3.8, 4) is 0 Å². The molecule has 2 aromatic rings. The molecule has 0 aliphatic carbocycles. The first kappa shape index (κ1) is 13.9. The lowest BCUT2D eigenvalue weighted by Crippen LogP contribution is -2.11. The van der Waals surface area contributed by atoms with Gasteiger partial charge in [0.05, 0.1) is 11.1 Å². The van der Waals surface area contributed by atoms with Gasteiger partial charge in [-0.2, -0.15) is 5.10 Å². The number of non-ortho nitro benzene ring substituents is 1. The van der Waals surface area contributed by atoms with Crippen molar-refractivity contribution in [2.24, 2.45) is 5.10 Å². The average Bonchev–Trinajstić information content (AvgIpc) is 2.46. The van der Waals surface area contributed by atoms with Crippen LogP contribution in [0, 0.1) is 10.1 Å². The zero-order valence-corrected chi connectivity index (χ0v) is 11.2. The summed E-state index contributed by atoms with van der Waals surface area (Å²) in [7, 11) is 1.71. The minimum absolute atomic E-state index is 0.0408. The fourth-order valence-electron chi connectivity index (χ4n) is 1.38. The molecule has 0 fully saturated rings. The number of benzene rings is 1. The highest BCUT2D eigenvalue weighted by atomic mass is 35.5. The second kappa shape index (κ2) is 6.07. The minimum atomic E-state index is -0.448. The van der Waals surface area contributed by atoms with Crippen LogP contribution in [-0.2, 0) is 0 Å². The maximum absolute atomic E-state index is 10.5. The van der Waals surface area contributed by atoms with Crippen molar-refractivity contribution < 1.29 is 4.92 Å². The molecule has 1 heterocycles. The van der Waals surface area contributed by atoms with Gasteiger partial charge in [-0.1, -0.05) is 11.6 Å². The summed E-state index contributed by atoms with van der Waals surface area (Å²) in [5.41, 5.74) is 0.781. The van der Waals surface area contributed by atoms with Gasteiger partial charge in [-0.15, -0.1) is 10.2 Å². The zero-order chi connectivity index (χ0) is 14.5. The quantitative estimate of drug-likeness (QED) is 0.491. The highest BCUT2D eigenvalue weighted by Gasteiger charge is 2.03. The average molecular weight is 292 g/mol. The highest BCUT2D eigenvalue weighted by Crippen LogP contribution is 2.12. The molecule has 0 spiro atoms. The molecule has 102 valence electrons. The molecule has 0 radical (unpaired) electrons. The SMILES string of the molecule is CN(N=Cc1ccc([N+](=O)[O-])cc1)c1ccc(Cl)nn1. The van der Waals surface area contributed by atoms with E-state index in [1.165, 1.54) is 17.1 Å². The van der Waals surface area contributed by atoms with E-state index in [0.29, 0.717) is 11.0 Å². The number of aromatic nitrogens is 2. The van der Waals surface area contributed by atoms with Gasteiger partial charge in [0.2, 0.25) is 0 Å². The lowest BCUT2D eigenvalue weighted by atomic mass is 10.2. The van der Waals surface area contributed by atoms with Crippen LogP contribution in [0.1, 0.15) is 5.56 Å². The fraction of sp³-hybridized carbons (Fsp3) is 0.0833. The summed E-state index contributed by atoms with van der Waals surface area (Å²) in [4.78, 5) is 10.1. The van der Waals surface area contributed by atoms with Gasteiger partial charge in [0.15, 0.2) is 11.0 Å². The van der Waals surface area contributed by atoms with Gasteiger partial charge >= 0.3 is 0 Å². The van der Waals surface area contributed by atoms with Crippen molar-refractivity contribution in [1.29, 1.82) is 0 Å². The first-order valence-electron chi connectivity index (χ1n) is 5.57. The standard InChI is InChI=1S/C12H10ClN5O2/c1-17(12-7-6-11(13)15-16-12)14-8-9-2-4-10(5-3-9)18(19)20/h2-8H,1H3. The normalized spacial score (nSPS) is 10.7. The first-order valence-corrected chi connectivity index (χ1v) is 5.95. The Hall–Kier alpha value is -2.54. The Kier molecular flexibility index (Phi) is 4.21. The maximum Gasteiger partial charge on any atom is 0.269 e. The Labute approximate surface area is 119 Å². The molecule has 0 saturated carbocycles. The number of nitro groups is 1. The predicted molar refractivity (Wildman–Crippen MR) is 76.1 cm³/mol. The number of rotatable bonds is 4. The highest BCUT2D eigenvalue weighted by molar-refractivity contribution is 6.29. The van der Waals surface area contributed by atoms with Gasteiger partial charge in [0.25, 0.3) is 5.69 Å². The number of hydrogen-bond donors (Lipinski definition) is 0. The molecule has 0 bridgehead atoms. The molecule has 1 aromatic heterocycles. The molecule has 0 saturated heterocycles. The van der Waals surface area contributed by atoms with Gasteiger partial charge in [0, 0.05) is 19.2 Å². The Morgan fingerprint density at radius 2 is 1.95 bits per heavy atom. The third-order valence-corrected chi connectivity index (χ3v) is 2.63. The van der Waals surface area contributed by atoms with Crippen LogP contribution in [-0.4, -0.2) is 28.4 Å². The molecule has 0 amide bonds. The Balaban J connectivity index is 2.08. The van der Waals surface area contributed by atoms with Gasteiger partial charge in [-0.25, -0.2) is 5.01 Å². The van der Waals surface area contributed by atoms with Crippen LogP contribution in [0.2, 0.25) is 5.15 Å². The van der Waals surface area contributed by atoms with Crippen molar-refractivity contribution in [3.05, 3.63) is 57.2 Å². The largest absolute Gasteiger partial charge is 0.269 e. The topological polar surface area (TPSA) is 84.5 Å². The number of hydrazone groups is 1. The van der Waals surface area contributed by atoms with E-state index in [9.17, 15) is 10.1 Å². The lowest BCUT2D eigenvalue weighted by Gasteiger charge is -2.10. The second-order valence-electron chi connectivity index (χ2n) is 3.83. The number of halogens is 1. The summed E-state index contributed by atoms with van der Waals surface area (Å²) in [6, 6.07) is 9.36. The van der Waals surface area contributed by atoms with Crippen LogP contribution in [0.3, 0.4) is 0 Å². The Bertz CT molecular complexity index is 627. The summed E-state index contributed by atoms with van der Waals surface area (Å²) in [6.07, 6.45) is 1.57. The van der Waals surface area contributed by atoms with Crippen LogP contribution in [0.5, 0.6) is 0 Å². The van der Waals surface area contributed by atoms with Gasteiger partial charge in [-0.3, -0.25) is 10.1 Å². The monoisotopic (exact) mass is 291 g/mol. The van der Waals surface area contributed by atoms with Crippen molar-refractivity contribution in [2.75, 3.05) is 12.1 Å². The van der Waals surface area contributed by atoms with Gasteiger partial charge in [-0.05, 0) is 29.8 Å². The molecule has 0 aliphatic heterocycles. The van der Waals surface area contributed by atoms with Crippen LogP contribution < -0.4 is 5.01 Å². The second-order valence-corrected chi connectivity index (χ2v) is 4.22. The zero-order valence-electron chi connectivity index (χ0n) is 10.5. The molecule has 7 nitrogen and oxygen atoms in total. The Morgan fingerprint density at radius 3 is 2.50 bits per heavy atom. The van der Waals surface area contributed by atoms with E-state index in [2.05, 4.69) is 15.3 Å². The number of nitrogens with zero attached hydrogens (tertiary/aromatic N) is 5. The lowest BCUT2D eigenvalue weighted by molar-refractivity contribution is -0.384. The molecule has 1 aromatic carbocycles. The number of anilines is 1. The Morgan fingerprint density at radius 1 is 1.25 bits per heavy atom. The molecule has 20 heavy (non-hydrogen) atoms. The summed E-state index contributed by atoms with van der Waals surface area (Å²) in [6.45, 7) is 0. The summed E-state index contributed by atoms with van der Waals surface area (Å²) in [5.74, 6) is 0.535. The molecular weight excluding hydrogens is 282 g/mol. The molecule has 0 atom stereocenters. The maximum atomic E-state index is 10.5. The predicted octanol–water partition coefficient (Wildman–Crippen LogP) is 2.51. The first-order chi connectivity index (χ1) is 9.56. The number of nitro benzene ring substituents is 1. The van der Waals surface area contributed by atoms with Crippen molar-refractivity contribution >= 4 is 29.3 Å². The van der Waals surface area contributed by atoms with Crippen molar-refractivity contribution in [3.63, 3.8) is 0 Å². The van der Waals surface area contributed by atoms with E-state index < -0.39 is 4.92 Å². The smallest absolute Gasteiger partial charge is 0.258 e. The molecule has 2 rings (SSSR count). The van der Waals surface area contributed by atoms with Crippen LogP contribution >= 0.6 is 11.6 Å². The summed E-state index contributed by atoms with van der Waals surface area (Å²) in [5, 5.41) is 24.1. The molecular formula is C12H10ClN5O2. The van der Waals surface area contributed by atoms with Crippen molar-refractivity contribution in [2.45, 2.75) is 0 Å². The minimum Gasteiger partial charge on any atom is -0.258 e. The van der Waals surface area contributed by atoms with E-state index in [1.54, 1.807) is 37.5 Å². The molecule has 0 aliphatic rings. The molecule has 8 heteroatoms. The number of hydrogen-bond acceptors (Lipinski definition) is 6. The molecule has 0 N–H and O–H groups in total. The fourth-order valence-corrected chi connectivity index (χ4v) is 1.48. The van der Waals surface area contributed by atoms with E-state index >= 15 is 0 Å².